The number of carbonyl (C=O) groups is 1. The number of nitrogens with zero attached hydrogens (tertiary/aromatic N) is 3. The van der Waals surface area contributed by atoms with Gasteiger partial charge >= 0.3 is 0 Å². The molecule has 0 aromatic carbocycles. The minimum Gasteiger partial charge on any atom is -0.398 e. The first kappa shape index (κ1) is 7.80. The number of oxime groups is 1. The molecule has 0 N–H and O–H groups in total. The van der Waals surface area contributed by atoms with Gasteiger partial charge in [0.15, 0.2) is 17.0 Å². The zero-order chi connectivity index (χ0) is 8.10. The fraction of sp³-hybridized carbons (Fsp3) is 0.200. The normalized spacial score (nSPS) is 11.2. The third kappa shape index (κ3) is 1.81. The fourth-order valence-corrected chi connectivity index (χ4v) is 0.963. The van der Waals surface area contributed by atoms with Crippen LogP contribution in [-0.2, 0) is 9.63 Å². The third-order valence-electron chi connectivity index (χ3n) is 0.882. The average Bonchev–Trinajstić information content (AvgIpc) is 2.52. The van der Waals surface area contributed by atoms with Gasteiger partial charge in [-0.2, -0.15) is 4.37 Å². The minimum atomic E-state index is 0.162. The summed E-state index contributed by atoms with van der Waals surface area (Å²) in [6.45, 7) is 0. The summed E-state index contributed by atoms with van der Waals surface area (Å²) < 4.78 is 3.71. The van der Waals surface area contributed by atoms with Crippen LogP contribution in [0.5, 0.6) is 0 Å². The summed E-state index contributed by atoms with van der Waals surface area (Å²) in [5, 5.41) is 3.90. The number of hydrogen-bond donors (Lipinski definition) is 0. The SMILES string of the molecule is CO/N=C(\C=O)c1ncns1. The van der Waals surface area contributed by atoms with Crippen molar-refractivity contribution in [1.82, 2.24) is 9.36 Å². The second-order valence-corrected chi connectivity index (χ2v) is 2.30. The van der Waals surface area contributed by atoms with E-state index in [4.69, 9.17) is 0 Å². The lowest BCUT2D eigenvalue weighted by Gasteiger charge is -1.88. The van der Waals surface area contributed by atoms with Crippen LogP contribution in [0.4, 0.5) is 0 Å². The Morgan fingerprint density at radius 2 is 2.73 bits per heavy atom. The molecule has 0 atom stereocenters. The zero-order valence-corrected chi connectivity index (χ0v) is 6.54. The maximum atomic E-state index is 10.3. The van der Waals surface area contributed by atoms with Gasteiger partial charge in [0.05, 0.1) is 0 Å². The van der Waals surface area contributed by atoms with Gasteiger partial charge in [0.25, 0.3) is 0 Å². The topological polar surface area (TPSA) is 64.4 Å². The van der Waals surface area contributed by atoms with E-state index in [1.54, 1.807) is 0 Å². The molecule has 0 aliphatic carbocycles. The molecule has 0 fully saturated rings. The summed E-state index contributed by atoms with van der Waals surface area (Å²) in [4.78, 5) is 18.5. The fourth-order valence-electron chi connectivity index (χ4n) is 0.495. The highest BCUT2D eigenvalue weighted by molar-refractivity contribution is 7.08. The smallest absolute Gasteiger partial charge is 0.179 e. The number of carbonyl (C=O) groups excluding carboxylic acids is 1. The van der Waals surface area contributed by atoms with Crippen molar-refractivity contribution in [2.24, 2.45) is 5.16 Å². The summed E-state index contributed by atoms with van der Waals surface area (Å²) in [6, 6.07) is 0. The van der Waals surface area contributed by atoms with Crippen LogP contribution in [0.2, 0.25) is 0 Å². The Bertz CT molecular complexity index is 257. The molecule has 1 aromatic rings. The summed E-state index contributed by atoms with van der Waals surface area (Å²) >= 11 is 1.09. The second-order valence-electron chi connectivity index (χ2n) is 1.52. The van der Waals surface area contributed by atoms with Crippen LogP contribution in [0.3, 0.4) is 0 Å². The first-order valence-corrected chi connectivity index (χ1v) is 3.49. The molecule has 0 aliphatic heterocycles. The van der Waals surface area contributed by atoms with E-state index in [9.17, 15) is 4.79 Å². The van der Waals surface area contributed by atoms with Gasteiger partial charge in [0, 0.05) is 0 Å². The zero-order valence-electron chi connectivity index (χ0n) is 5.72. The molecular weight excluding hydrogens is 166 g/mol. The highest BCUT2D eigenvalue weighted by atomic mass is 32.1. The van der Waals surface area contributed by atoms with E-state index >= 15 is 0 Å². The predicted octanol–water partition coefficient (Wildman–Crippen LogP) is 0.0875. The number of hydrogen-bond acceptors (Lipinski definition) is 6. The predicted molar refractivity (Wildman–Crippen MR) is 39.5 cm³/mol. The number of aldehydes is 1. The molecule has 1 heterocycles. The Hall–Kier alpha value is -1.30. The summed E-state index contributed by atoms with van der Waals surface area (Å²) in [6.07, 6.45) is 1.93. The van der Waals surface area contributed by atoms with Gasteiger partial charge in [-0.3, -0.25) is 4.79 Å². The Morgan fingerprint density at radius 1 is 1.91 bits per heavy atom. The van der Waals surface area contributed by atoms with Crippen molar-refractivity contribution in [3.8, 4) is 0 Å². The van der Waals surface area contributed by atoms with Gasteiger partial charge in [-0.15, -0.1) is 0 Å². The van der Waals surface area contributed by atoms with Gasteiger partial charge in [-0.1, -0.05) is 5.16 Å². The molecule has 0 unspecified atom stereocenters. The van der Waals surface area contributed by atoms with Gasteiger partial charge in [-0.05, 0) is 11.5 Å². The molecule has 1 rings (SSSR count). The van der Waals surface area contributed by atoms with Gasteiger partial charge in [0.2, 0.25) is 0 Å². The summed E-state index contributed by atoms with van der Waals surface area (Å²) in [5.74, 6) is 0. The number of aromatic nitrogens is 2. The van der Waals surface area contributed by atoms with E-state index in [1.165, 1.54) is 13.4 Å². The maximum Gasteiger partial charge on any atom is 0.179 e. The second kappa shape index (κ2) is 3.77. The Morgan fingerprint density at radius 3 is 3.18 bits per heavy atom. The molecule has 5 nitrogen and oxygen atoms in total. The molecule has 6 heteroatoms. The van der Waals surface area contributed by atoms with Crippen molar-refractivity contribution in [2.75, 3.05) is 7.11 Å². The lowest BCUT2D eigenvalue weighted by Crippen LogP contribution is -2.01. The van der Waals surface area contributed by atoms with Crippen LogP contribution in [0.1, 0.15) is 5.01 Å². The first-order chi connectivity index (χ1) is 5.38. The van der Waals surface area contributed by atoms with Gasteiger partial charge in [0.1, 0.15) is 13.4 Å². The van der Waals surface area contributed by atoms with Crippen LogP contribution in [0.15, 0.2) is 11.5 Å². The lowest BCUT2D eigenvalue weighted by atomic mass is 10.4. The minimum absolute atomic E-state index is 0.162. The molecule has 11 heavy (non-hydrogen) atoms. The van der Waals surface area contributed by atoms with Crippen LogP contribution in [0, 0.1) is 0 Å². The van der Waals surface area contributed by atoms with Crippen molar-refractivity contribution < 1.29 is 9.63 Å². The highest BCUT2D eigenvalue weighted by Crippen LogP contribution is 2.00. The van der Waals surface area contributed by atoms with E-state index in [0.29, 0.717) is 11.3 Å². The van der Waals surface area contributed by atoms with Crippen LogP contribution < -0.4 is 0 Å². The molecule has 0 saturated carbocycles. The third-order valence-corrected chi connectivity index (χ3v) is 1.57. The Balaban J connectivity index is 2.88. The Kier molecular flexibility index (Phi) is 2.67. The standard InChI is InChI=1S/C5H5N3O2S/c1-10-8-4(2-9)5-6-3-7-11-5/h2-3H,1H3/b8-4+. The van der Waals surface area contributed by atoms with E-state index in [-0.39, 0.29) is 5.71 Å². The van der Waals surface area contributed by atoms with E-state index in [1.807, 2.05) is 0 Å². The van der Waals surface area contributed by atoms with E-state index < -0.39 is 0 Å². The summed E-state index contributed by atoms with van der Waals surface area (Å²) in [5.41, 5.74) is 0.162. The highest BCUT2D eigenvalue weighted by Gasteiger charge is 2.05. The summed E-state index contributed by atoms with van der Waals surface area (Å²) in [7, 11) is 1.37. The largest absolute Gasteiger partial charge is 0.398 e. The van der Waals surface area contributed by atoms with Crippen molar-refractivity contribution in [1.29, 1.82) is 0 Å². The lowest BCUT2D eigenvalue weighted by molar-refractivity contribution is -0.102. The average molecular weight is 171 g/mol. The van der Waals surface area contributed by atoms with Crippen molar-refractivity contribution >= 4 is 23.5 Å². The van der Waals surface area contributed by atoms with E-state index in [0.717, 1.165) is 11.5 Å². The van der Waals surface area contributed by atoms with Gasteiger partial charge in [-0.25, -0.2) is 4.98 Å². The monoisotopic (exact) mass is 171 g/mol. The molecule has 0 spiro atoms. The molecule has 1 aromatic heterocycles. The maximum absolute atomic E-state index is 10.3. The molecule has 0 radical (unpaired) electrons. The molecule has 0 amide bonds. The molecule has 58 valence electrons. The molecule has 0 bridgehead atoms. The van der Waals surface area contributed by atoms with Gasteiger partial charge < -0.3 is 4.84 Å². The quantitative estimate of drug-likeness (QED) is 0.367. The van der Waals surface area contributed by atoms with Crippen LogP contribution in [-0.4, -0.2) is 28.5 Å². The molecular formula is C5H5N3O2S. The van der Waals surface area contributed by atoms with Crippen molar-refractivity contribution in [2.45, 2.75) is 0 Å². The number of rotatable bonds is 3. The van der Waals surface area contributed by atoms with Crippen LogP contribution in [0.25, 0.3) is 0 Å². The van der Waals surface area contributed by atoms with E-state index in [2.05, 4.69) is 19.4 Å². The van der Waals surface area contributed by atoms with Crippen molar-refractivity contribution in [3.05, 3.63) is 11.3 Å². The molecule has 0 aliphatic rings. The first-order valence-electron chi connectivity index (χ1n) is 2.72. The van der Waals surface area contributed by atoms with Crippen LogP contribution >= 0.6 is 11.5 Å². The molecule has 0 saturated heterocycles. The van der Waals surface area contributed by atoms with Crippen molar-refractivity contribution in [3.63, 3.8) is 0 Å². The Labute approximate surface area is 66.9 Å².